The standard InChI is InChI=1S/C16H23N3O3/c1-16(2,3)19-13(10-4-5-10)8-12(17-19)14(20)18-7-6-11(9-18)15(21)22/h8,10-11H,4-7,9H2,1-3H3,(H,21,22). The molecule has 1 unspecified atom stereocenters. The Morgan fingerprint density at radius 1 is 1.27 bits per heavy atom. The molecule has 2 heterocycles. The summed E-state index contributed by atoms with van der Waals surface area (Å²) in [7, 11) is 0. The third-order valence-electron chi connectivity index (χ3n) is 4.41. The van der Waals surface area contributed by atoms with Gasteiger partial charge in [-0.15, -0.1) is 0 Å². The van der Waals surface area contributed by atoms with E-state index in [0.29, 0.717) is 24.6 Å². The smallest absolute Gasteiger partial charge is 0.308 e. The first-order chi connectivity index (χ1) is 10.3. The van der Waals surface area contributed by atoms with Gasteiger partial charge in [0.1, 0.15) is 0 Å². The number of carboxylic acid groups (broad SMARTS) is 1. The predicted octanol–water partition coefficient (Wildman–Crippen LogP) is 2.06. The second-order valence-corrected chi connectivity index (χ2v) is 7.39. The van der Waals surface area contributed by atoms with Crippen molar-refractivity contribution >= 4 is 11.9 Å². The first-order valence-electron chi connectivity index (χ1n) is 7.90. The molecule has 1 amide bonds. The van der Waals surface area contributed by atoms with Gasteiger partial charge in [0.2, 0.25) is 0 Å². The molecule has 1 saturated heterocycles. The molecular weight excluding hydrogens is 282 g/mol. The van der Waals surface area contributed by atoms with Crippen LogP contribution in [0.1, 0.15) is 62.1 Å². The molecule has 0 spiro atoms. The number of aliphatic carboxylic acids is 1. The van der Waals surface area contributed by atoms with Crippen LogP contribution in [-0.2, 0) is 10.3 Å². The average Bonchev–Trinajstić information content (AvgIpc) is 3.00. The van der Waals surface area contributed by atoms with Gasteiger partial charge in [0.15, 0.2) is 5.69 Å². The van der Waals surface area contributed by atoms with E-state index in [1.165, 1.54) is 0 Å². The van der Waals surface area contributed by atoms with Crippen LogP contribution in [0.25, 0.3) is 0 Å². The highest BCUT2D eigenvalue weighted by Gasteiger charge is 2.36. The summed E-state index contributed by atoms with van der Waals surface area (Å²) in [6, 6.07) is 1.90. The molecule has 0 radical (unpaired) electrons. The second-order valence-electron chi connectivity index (χ2n) is 7.39. The number of amides is 1. The van der Waals surface area contributed by atoms with Gasteiger partial charge in [0.05, 0.1) is 11.5 Å². The minimum atomic E-state index is -0.825. The molecule has 0 bridgehead atoms. The lowest BCUT2D eigenvalue weighted by atomic mass is 10.1. The van der Waals surface area contributed by atoms with Crippen molar-refractivity contribution in [2.45, 2.75) is 51.5 Å². The zero-order valence-corrected chi connectivity index (χ0v) is 13.4. The summed E-state index contributed by atoms with van der Waals surface area (Å²) in [6.45, 7) is 7.02. The van der Waals surface area contributed by atoms with E-state index in [-0.39, 0.29) is 18.0 Å². The maximum Gasteiger partial charge on any atom is 0.308 e. The van der Waals surface area contributed by atoms with Crippen molar-refractivity contribution in [1.82, 2.24) is 14.7 Å². The van der Waals surface area contributed by atoms with Gasteiger partial charge in [-0.25, -0.2) is 0 Å². The number of carbonyl (C=O) groups is 2. The molecule has 22 heavy (non-hydrogen) atoms. The summed E-state index contributed by atoms with van der Waals surface area (Å²) in [5.74, 6) is -0.905. The van der Waals surface area contributed by atoms with Gasteiger partial charge >= 0.3 is 5.97 Å². The topological polar surface area (TPSA) is 75.4 Å². The fourth-order valence-corrected chi connectivity index (χ4v) is 3.02. The van der Waals surface area contributed by atoms with E-state index >= 15 is 0 Å². The summed E-state index contributed by atoms with van der Waals surface area (Å²) in [5.41, 5.74) is 1.41. The minimum absolute atomic E-state index is 0.145. The minimum Gasteiger partial charge on any atom is -0.481 e. The van der Waals surface area contributed by atoms with Crippen LogP contribution in [0.2, 0.25) is 0 Å². The van der Waals surface area contributed by atoms with Crippen LogP contribution in [0, 0.1) is 5.92 Å². The third kappa shape index (κ3) is 2.74. The zero-order valence-electron chi connectivity index (χ0n) is 13.4. The Bertz CT molecular complexity index is 611. The van der Waals surface area contributed by atoms with Crippen LogP contribution in [0.5, 0.6) is 0 Å². The summed E-state index contributed by atoms with van der Waals surface area (Å²) >= 11 is 0. The van der Waals surface area contributed by atoms with E-state index in [2.05, 4.69) is 25.9 Å². The highest BCUT2D eigenvalue weighted by Crippen LogP contribution is 2.41. The Balaban J connectivity index is 1.83. The fraction of sp³-hybridized carbons (Fsp3) is 0.688. The summed E-state index contributed by atoms with van der Waals surface area (Å²) in [5, 5.41) is 13.6. The van der Waals surface area contributed by atoms with Gasteiger partial charge in [-0.1, -0.05) is 0 Å². The number of likely N-dealkylation sites (tertiary alicyclic amines) is 1. The van der Waals surface area contributed by atoms with Gasteiger partial charge in [-0.05, 0) is 46.1 Å². The van der Waals surface area contributed by atoms with Gasteiger partial charge in [0.25, 0.3) is 5.91 Å². The first-order valence-corrected chi connectivity index (χ1v) is 7.90. The van der Waals surface area contributed by atoms with Gasteiger partial charge in [0, 0.05) is 24.7 Å². The molecule has 2 fully saturated rings. The molecule has 6 nitrogen and oxygen atoms in total. The number of hydrogen-bond donors (Lipinski definition) is 1. The van der Waals surface area contributed by atoms with E-state index in [1.807, 2.05) is 10.7 Å². The van der Waals surface area contributed by atoms with Crippen molar-refractivity contribution in [1.29, 1.82) is 0 Å². The van der Waals surface area contributed by atoms with Crippen LogP contribution < -0.4 is 0 Å². The van der Waals surface area contributed by atoms with E-state index in [9.17, 15) is 9.59 Å². The quantitative estimate of drug-likeness (QED) is 0.927. The lowest BCUT2D eigenvalue weighted by molar-refractivity contribution is -0.141. The highest BCUT2D eigenvalue weighted by atomic mass is 16.4. The normalized spacial score (nSPS) is 22.1. The van der Waals surface area contributed by atoms with Gasteiger partial charge in [-0.2, -0.15) is 5.10 Å². The summed E-state index contributed by atoms with van der Waals surface area (Å²) in [6.07, 6.45) is 2.83. The Hall–Kier alpha value is -1.85. The SMILES string of the molecule is CC(C)(C)n1nc(C(=O)N2CCC(C(=O)O)C2)cc1C1CC1. The molecule has 1 aromatic rings. The van der Waals surface area contributed by atoms with Crippen LogP contribution in [0.4, 0.5) is 0 Å². The van der Waals surface area contributed by atoms with Crippen LogP contribution >= 0.6 is 0 Å². The molecule has 1 N–H and O–H groups in total. The van der Waals surface area contributed by atoms with Crippen LogP contribution in [0.15, 0.2) is 6.07 Å². The second kappa shape index (κ2) is 5.11. The molecule has 6 heteroatoms. The monoisotopic (exact) mass is 305 g/mol. The van der Waals surface area contributed by atoms with Gasteiger partial charge in [-0.3, -0.25) is 14.3 Å². The third-order valence-corrected chi connectivity index (χ3v) is 4.41. The van der Waals surface area contributed by atoms with Crippen molar-refractivity contribution in [3.63, 3.8) is 0 Å². The van der Waals surface area contributed by atoms with Crippen molar-refractivity contribution in [2.24, 2.45) is 5.92 Å². The van der Waals surface area contributed by atoms with Gasteiger partial charge < -0.3 is 10.0 Å². The molecule has 3 rings (SSSR count). The average molecular weight is 305 g/mol. The molecule has 1 aliphatic carbocycles. The Morgan fingerprint density at radius 2 is 1.95 bits per heavy atom. The van der Waals surface area contributed by atoms with Crippen LogP contribution in [-0.4, -0.2) is 44.8 Å². The van der Waals surface area contributed by atoms with Crippen molar-refractivity contribution < 1.29 is 14.7 Å². The number of aromatic nitrogens is 2. The Morgan fingerprint density at radius 3 is 2.45 bits per heavy atom. The maximum atomic E-state index is 12.6. The van der Waals surface area contributed by atoms with E-state index in [1.54, 1.807) is 4.90 Å². The van der Waals surface area contributed by atoms with E-state index in [0.717, 1.165) is 18.5 Å². The Kier molecular flexibility index (Phi) is 3.50. The number of rotatable bonds is 3. The molecule has 0 aromatic carbocycles. The summed E-state index contributed by atoms with van der Waals surface area (Å²) < 4.78 is 1.96. The van der Waals surface area contributed by atoms with Crippen LogP contribution in [0.3, 0.4) is 0 Å². The van der Waals surface area contributed by atoms with Crippen molar-refractivity contribution in [3.8, 4) is 0 Å². The van der Waals surface area contributed by atoms with E-state index < -0.39 is 11.9 Å². The molecule has 1 saturated carbocycles. The van der Waals surface area contributed by atoms with Crippen molar-refractivity contribution in [3.05, 3.63) is 17.5 Å². The molecular formula is C16H23N3O3. The lowest BCUT2D eigenvalue weighted by Crippen LogP contribution is -2.31. The number of carbonyl (C=O) groups excluding carboxylic acids is 1. The highest BCUT2D eigenvalue weighted by molar-refractivity contribution is 5.93. The van der Waals surface area contributed by atoms with Crippen molar-refractivity contribution in [2.75, 3.05) is 13.1 Å². The lowest BCUT2D eigenvalue weighted by Gasteiger charge is -2.22. The molecule has 1 atom stereocenters. The number of carboxylic acids is 1. The van der Waals surface area contributed by atoms with E-state index in [4.69, 9.17) is 5.11 Å². The maximum absolute atomic E-state index is 12.6. The zero-order chi connectivity index (χ0) is 16.1. The molecule has 1 aliphatic heterocycles. The first kappa shape index (κ1) is 15.1. The molecule has 2 aliphatic rings. The Labute approximate surface area is 130 Å². The predicted molar refractivity (Wildman–Crippen MR) is 80.8 cm³/mol. The largest absolute Gasteiger partial charge is 0.481 e. The fourth-order valence-electron chi connectivity index (χ4n) is 3.02. The summed E-state index contributed by atoms with van der Waals surface area (Å²) in [4.78, 5) is 25.3. The number of hydrogen-bond acceptors (Lipinski definition) is 3. The molecule has 120 valence electrons. The number of nitrogens with zero attached hydrogens (tertiary/aromatic N) is 3. The molecule has 1 aromatic heterocycles.